The number of hydrogen-bond acceptors (Lipinski definition) is 4. The lowest BCUT2D eigenvalue weighted by Crippen LogP contribution is -2.49. The molecule has 0 saturated carbocycles. The Hall–Kier alpha value is -3.36. The zero-order chi connectivity index (χ0) is 20.2. The molecule has 0 spiro atoms. The van der Waals surface area contributed by atoms with Gasteiger partial charge in [-0.15, -0.1) is 0 Å². The van der Waals surface area contributed by atoms with Gasteiger partial charge in [-0.3, -0.25) is 4.79 Å². The van der Waals surface area contributed by atoms with E-state index in [0.29, 0.717) is 42.5 Å². The van der Waals surface area contributed by atoms with Gasteiger partial charge in [0, 0.05) is 37.3 Å². The zero-order valence-electron chi connectivity index (χ0n) is 15.8. The number of nitriles is 1. The number of carbonyl (C=O) groups is 1. The molecule has 0 unspecified atom stereocenters. The summed E-state index contributed by atoms with van der Waals surface area (Å²) >= 11 is 6.00. The highest BCUT2D eigenvalue weighted by Crippen LogP contribution is 2.28. The summed E-state index contributed by atoms with van der Waals surface area (Å²) in [5, 5.41) is 9.91. The summed E-state index contributed by atoms with van der Waals surface area (Å²) in [6.07, 6.45) is 0. The van der Waals surface area contributed by atoms with Gasteiger partial charge in [0.15, 0.2) is 0 Å². The van der Waals surface area contributed by atoms with Crippen LogP contribution in [0.25, 0.3) is 11.1 Å². The molecule has 0 bridgehead atoms. The molecule has 1 amide bonds. The summed E-state index contributed by atoms with van der Waals surface area (Å²) in [4.78, 5) is 21.6. The molecule has 5 nitrogen and oxygen atoms in total. The van der Waals surface area contributed by atoms with Crippen LogP contribution in [-0.4, -0.2) is 42.0 Å². The zero-order valence-corrected chi connectivity index (χ0v) is 16.5. The van der Waals surface area contributed by atoms with E-state index in [1.165, 1.54) is 0 Å². The van der Waals surface area contributed by atoms with Crippen molar-refractivity contribution in [2.75, 3.05) is 31.1 Å². The molecule has 29 heavy (non-hydrogen) atoms. The molecule has 144 valence electrons. The van der Waals surface area contributed by atoms with E-state index in [9.17, 15) is 10.1 Å². The molecule has 0 aliphatic carbocycles. The molecule has 0 radical (unpaired) electrons. The van der Waals surface area contributed by atoms with Crippen molar-refractivity contribution in [1.82, 2.24) is 9.88 Å². The molecule has 2 aromatic carbocycles. The van der Waals surface area contributed by atoms with E-state index in [1.807, 2.05) is 59.5 Å². The average molecular weight is 403 g/mol. The van der Waals surface area contributed by atoms with Gasteiger partial charge in [-0.1, -0.05) is 54.1 Å². The van der Waals surface area contributed by atoms with Crippen LogP contribution in [-0.2, 0) is 0 Å². The minimum absolute atomic E-state index is 0.0213. The normalized spacial score (nSPS) is 13.8. The van der Waals surface area contributed by atoms with Gasteiger partial charge in [0.2, 0.25) is 0 Å². The fourth-order valence-corrected chi connectivity index (χ4v) is 3.76. The van der Waals surface area contributed by atoms with Crippen LogP contribution in [0.2, 0.25) is 5.15 Å². The van der Waals surface area contributed by atoms with E-state index in [4.69, 9.17) is 11.6 Å². The lowest BCUT2D eigenvalue weighted by molar-refractivity contribution is 0.0747. The van der Waals surface area contributed by atoms with Crippen LogP contribution in [0.5, 0.6) is 0 Å². The van der Waals surface area contributed by atoms with Gasteiger partial charge >= 0.3 is 0 Å². The molecule has 6 heteroatoms. The number of halogens is 1. The van der Waals surface area contributed by atoms with Crippen LogP contribution < -0.4 is 4.90 Å². The van der Waals surface area contributed by atoms with E-state index in [-0.39, 0.29) is 5.91 Å². The smallest absolute Gasteiger partial charge is 0.254 e. The third-order valence-electron chi connectivity index (χ3n) is 5.09. The largest absolute Gasteiger partial charge is 0.353 e. The van der Waals surface area contributed by atoms with Crippen molar-refractivity contribution in [2.45, 2.75) is 0 Å². The number of rotatable bonds is 3. The second-order valence-corrected chi connectivity index (χ2v) is 7.19. The minimum Gasteiger partial charge on any atom is -0.353 e. The first-order valence-electron chi connectivity index (χ1n) is 9.42. The molecular formula is C23H19ClN4O. The number of piperazine rings is 1. The maximum atomic E-state index is 13.3. The first kappa shape index (κ1) is 19.0. The standard InChI is InChI=1S/C23H19ClN4O/c24-21-10-5-11-22(26-21)27-12-14-28(15-13-27)23(29)20-9-4-3-8-19(20)18-7-2-1-6-17(18)16-25/h1-11H,12-15H2. The minimum atomic E-state index is -0.0213. The predicted molar refractivity (Wildman–Crippen MR) is 114 cm³/mol. The van der Waals surface area contributed by atoms with Crippen molar-refractivity contribution in [2.24, 2.45) is 0 Å². The van der Waals surface area contributed by atoms with E-state index in [1.54, 1.807) is 12.1 Å². The predicted octanol–water partition coefficient (Wildman–Crippen LogP) is 4.24. The van der Waals surface area contributed by atoms with Crippen molar-refractivity contribution in [1.29, 1.82) is 5.26 Å². The van der Waals surface area contributed by atoms with Gasteiger partial charge in [-0.05, 0) is 29.8 Å². The van der Waals surface area contributed by atoms with Gasteiger partial charge < -0.3 is 9.80 Å². The van der Waals surface area contributed by atoms with Gasteiger partial charge in [-0.25, -0.2) is 4.98 Å². The summed E-state index contributed by atoms with van der Waals surface area (Å²) in [7, 11) is 0. The molecule has 1 fully saturated rings. The maximum Gasteiger partial charge on any atom is 0.254 e. The third kappa shape index (κ3) is 3.94. The van der Waals surface area contributed by atoms with E-state index in [0.717, 1.165) is 16.9 Å². The number of hydrogen-bond donors (Lipinski definition) is 0. The summed E-state index contributed by atoms with van der Waals surface area (Å²) in [6, 6.07) is 22.6. The Morgan fingerprint density at radius 2 is 1.59 bits per heavy atom. The molecule has 1 aliphatic rings. The Bertz CT molecular complexity index is 1080. The average Bonchev–Trinajstić information content (AvgIpc) is 2.78. The van der Waals surface area contributed by atoms with Crippen LogP contribution in [0.15, 0.2) is 66.7 Å². The lowest BCUT2D eigenvalue weighted by atomic mass is 9.95. The fourth-order valence-electron chi connectivity index (χ4n) is 3.60. The third-order valence-corrected chi connectivity index (χ3v) is 5.30. The van der Waals surface area contributed by atoms with E-state index in [2.05, 4.69) is 16.0 Å². The molecule has 0 atom stereocenters. The van der Waals surface area contributed by atoms with Gasteiger partial charge in [0.1, 0.15) is 11.0 Å². The maximum absolute atomic E-state index is 13.3. The SMILES string of the molecule is N#Cc1ccccc1-c1ccccc1C(=O)N1CCN(c2cccc(Cl)n2)CC1. The summed E-state index contributed by atoms with van der Waals surface area (Å²) in [6.45, 7) is 2.58. The molecule has 4 rings (SSSR count). The molecule has 0 N–H and O–H groups in total. The van der Waals surface area contributed by atoms with E-state index < -0.39 is 0 Å². The molecule has 1 aromatic heterocycles. The number of carbonyl (C=O) groups excluding carboxylic acids is 1. The van der Waals surface area contributed by atoms with Gasteiger partial charge in [0.05, 0.1) is 11.6 Å². The monoisotopic (exact) mass is 402 g/mol. The van der Waals surface area contributed by atoms with Gasteiger partial charge in [0.25, 0.3) is 5.91 Å². The number of nitrogens with zero attached hydrogens (tertiary/aromatic N) is 4. The molecule has 3 aromatic rings. The van der Waals surface area contributed by atoms with Crippen molar-refractivity contribution in [3.05, 3.63) is 83.0 Å². The van der Waals surface area contributed by atoms with Crippen molar-refractivity contribution in [3.63, 3.8) is 0 Å². The lowest BCUT2D eigenvalue weighted by Gasteiger charge is -2.35. The van der Waals surface area contributed by atoms with E-state index >= 15 is 0 Å². The Kier molecular flexibility index (Phi) is 5.46. The van der Waals surface area contributed by atoms with Crippen LogP contribution in [0.4, 0.5) is 5.82 Å². The van der Waals surface area contributed by atoms with Crippen LogP contribution in [0.3, 0.4) is 0 Å². The summed E-state index contributed by atoms with van der Waals surface area (Å²) in [5.74, 6) is 0.806. The van der Waals surface area contributed by atoms with Crippen LogP contribution in [0, 0.1) is 11.3 Å². The number of amides is 1. The van der Waals surface area contributed by atoms with Crippen molar-refractivity contribution in [3.8, 4) is 17.2 Å². The summed E-state index contributed by atoms with van der Waals surface area (Å²) in [5.41, 5.74) is 2.74. The molecular weight excluding hydrogens is 384 g/mol. The molecule has 1 saturated heterocycles. The van der Waals surface area contributed by atoms with Crippen molar-refractivity contribution < 1.29 is 4.79 Å². The second-order valence-electron chi connectivity index (χ2n) is 6.80. The quantitative estimate of drug-likeness (QED) is 0.615. The number of benzene rings is 2. The highest BCUT2D eigenvalue weighted by Gasteiger charge is 2.25. The fraction of sp³-hybridized carbons (Fsp3) is 0.174. The van der Waals surface area contributed by atoms with Crippen LogP contribution >= 0.6 is 11.6 Å². The highest BCUT2D eigenvalue weighted by molar-refractivity contribution is 6.29. The Morgan fingerprint density at radius 1 is 0.897 bits per heavy atom. The Morgan fingerprint density at radius 3 is 2.31 bits per heavy atom. The van der Waals surface area contributed by atoms with Crippen molar-refractivity contribution >= 4 is 23.3 Å². The highest BCUT2D eigenvalue weighted by atomic mass is 35.5. The Labute approximate surface area is 174 Å². The first-order chi connectivity index (χ1) is 14.2. The second kappa shape index (κ2) is 8.34. The van der Waals surface area contributed by atoms with Crippen LogP contribution in [0.1, 0.15) is 15.9 Å². The van der Waals surface area contributed by atoms with Gasteiger partial charge in [-0.2, -0.15) is 5.26 Å². The molecule has 1 aliphatic heterocycles. The topological polar surface area (TPSA) is 60.2 Å². The number of pyridine rings is 1. The Balaban J connectivity index is 1.55. The number of aromatic nitrogens is 1. The molecule has 2 heterocycles. The number of anilines is 1. The summed E-state index contributed by atoms with van der Waals surface area (Å²) < 4.78 is 0. The first-order valence-corrected chi connectivity index (χ1v) is 9.80.